The molecule has 0 aromatic heterocycles. The average Bonchev–Trinajstić information content (AvgIpc) is 2.58. The maximum absolute atomic E-state index is 6.45. The van der Waals surface area contributed by atoms with Crippen molar-refractivity contribution in [2.24, 2.45) is 11.7 Å². The van der Waals surface area contributed by atoms with Crippen molar-refractivity contribution in [2.75, 3.05) is 0 Å². The van der Waals surface area contributed by atoms with E-state index in [0.717, 1.165) is 18.8 Å². The number of hydrogen-bond donors (Lipinski definition) is 1. The molecule has 1 aliphatic carbocycles. The highest BCUT2D eigenvalue weighted by Crippen LogP contribution is 2.39. The van der Waals surface area contributed by atoms with Crippen LogP contribution in [0.5, 0.6) is 0 Å². The van der Waals surface area contributed by atoms with Crippen molar-refractivity contribution < 1.29 is 0 Å². The second kappa shape index (κ2) is 4.45. The Morgan fingerprint density at radius 1 is 1.23 bits per heavy atom. The molecule has 1 atom stereocenters. The number of rotatable bonds is 4. The molecule has 2 N–H and O–H groups in total. The zero-order chi connectivity index (χ0) is 9.90. The Kier molecular flexibility index (Phi) is 3.78. The lowest BCUT2D eigenvalue weighted by atomic mass is 9.73. The predicted octanol–water partition coefficient (Wildman–Crippen LogP) is 3.29. The number of hydrogen-bond acceptors (Lipinski definition) is 1. The number of nitrogens with two attached hydrogens (primary N) is 1. The van der Waals surface area contributed by atoms with Gasteiger partial charge in [-0.3, -0.25) is 0 Å². The van der Waals surface area contributed by atoms with E-state index in [9.17, 15) is 0 Å². The van der Waals surface area contributed by atoms with Gasteiger partial charge in [0.05, 0.1) is 0 Å². The van der Waals surface area contributed by atoms with Crippen LogP contribution in [0.25, 0.3) is 0 Å². The lowest BCUT2D eigenvalue weighted by Crippen LogP contribution is -2.48. The summed E-state index contributed by atoms with van der Waals surface area (Å²) in [6, 6.07) is 0. The first kappa shape index (κ1) is 11.0. The molecule has 1 rings (SSSR count). The van der Waals surface area contributed by atoms with Gasteiger partial charge in [-0.15, -0.1) is 0 Å². The summed E-state index contributed by atoms with van der Waals surface area (Å²) >= 11 is 0. The molecule has 1 radical (unpaired) electrons. The summed E-state index contributed by atoms with van der Waals surface area (Å²) in [5.74, 6) is 2.31. The van der Waals surface area contributed by atoms with Gasteiger partial charge in [-0.2, -0.15) is 0 Å². The molecule has 0 spiro atoms. The Bertz CT molecular complexity index is 137. The van der Waals surface area contributed by atoms with E-state index in [2.05, 4.69) is 20.8 Å². The van der Waals surface area contributed by atoms with Crippen molar-refractivity contribution in [1.82, 2.24) is 0 Å². The van der Waals surface area contributed by atoms with Crippen LogP contribution in [0.2, 0.25) is 0 Å². The first-order valence-corrected chi connectivity index (χ1v) is 5.77. The van der Waals surface area contributed by atoms with E-state index in [1.54, 1.807) is 5.92 Å². The van der Waals surface area contributed by atoms with Gasteiger partial charge in [-0.1, -0.05) is 26.7 Å². The summed E-state index contributed by atoms with van der Waals surface area (Å²) < 4.78 is 0. The van der Waals surface area contributed by atoms with Crippen molar-refractivity contribution in [3.8, 4) is 0 Å². The maximum Gasteiger partial charge on any atom is 0.0217 e. The molecule has 77 valence electrons. The summed E-state index contributed by atoms with van der Waals surface area (Å²) in [5.41, 5.74) is 6.46. The van der Waals surface area contributed by atoms with Crippen molar-refractivity contribution in [3.05, 3.63) is 5.92 Å². The van der Waals surface area contributed by atoms with Crippen LogP contribution in [0.3, 0.4) is 0 Å². The molecule has 1 aliphatic rings. The Hall–Kier alpha value is -0.0400. The largest absolute Gasteiger partial charge is 0.325 e. The Labute approximate surface area is 83.1 Å². The average molecular weight is 182 g/mol. The van der Waals surface area contributed by atoms with E-state index in [1.807, 2.05) is 0 Å². The van der Waals surface area contributed by atoms with E-state index in [1.165, 1.54) is 25.7 Å². The molecule has 0 heterocycles. The highest BCUT2D eigenvalue weighted by molar-refractivity contribution is 5.11. The Morgan fingerprint density at radius 3 is 2.08 bits per heavy atom. The zero-order valence-corrected chi connectivity index (χ0v) is 9.40. The first-order valence-electron chi connectivity index (χ1n) is 5.77. The van der Waals surface area contributed by atoms with Gasteiger partial charge in [0.25, 0.3) is 0 Å². The molecule has 1 saturated carbocycles. The van der Waals surface area contributed by atoms with Crippen LogP contribution in [0.1, 0.15) is 59.3 Å². The maximum atomic E-state index is 6.45. The van der Waals surface area contributed by atoms with Gasteiger partial charge in [0.1, 0.15) is 0 Å². The molecule has 1 nitrogen and oxygen atoms in total. The van der Waals surface area contributed by atoms with Crippen LogP contribution in [-0.2, 0) is 0 Å². The second-order valence-corrected chi connectivity index (χ2v) is 4.57. The third-order valence-corrected chi connectivity index (χ3v) is 3.82. The fraction of sp³-hybridized carbons (Fsp3) is 0.917. The van der Waals surface area contributed by atoms with Crippen molar-refractivity contribution >= 4 is 0 Å². The summed E-state index contributed by atoms with van der Waals surface area (Å²) in [6.45, 7) is 6.71. The van der Waals surface area contributed by atoms with E-state index in [4.69, 9.17) is 5.73 Å². The molecule has 0 saturated heterocycles. The molecule has 0 aromatic rings. The third-order valence-electron chi connectivity index (χ3n) is 3.82. The minimum Gasteiger partial charge on any atom is -0.325 e. The van der Waals surface area contributed by atoms with E-state index < -0.39 is 0 Å². The van der Waals surface area contributed by atoms with Crippen LogP contribution in [0, 0.1) is 11.8 Å². The fourth-order valence-corrected chi connectivity index (χ4v) is 2.83. The fourth-order valence-electron chi connectivity index (χ4n) is 2.83. The SMILES string of the molecule is CC[C](CC)C(C)(N)C1CCCC1. The van der Waals surface area contributed by atoms with Crippen LogP contribution in [-0.4, -0.2) is 5.54 Å². The predicted molar refractivity (Wildman–Crippen MR) is 58.4 cm³/mol. The van der Waals surface area contributed by atoms with Gasteiger partial charge in [-0.05, 0) is 44.4 Å². The standard InChI is InChI=1S/C12H24N/c1-4-10(5-2)12(3,13)11-8-6-7-9-11/h11H,4-9,13H2,1-3H3. The summed E-state index contributed by atoms with van der Waals surface area (Å²) in [4.78, 5) is 0. The van der Waals surface area contributed by atoms with Gasteiger partial charge < -0.3 is 5.73 Å². The lowest BCUT2D eigenvalue weighted by molar-refractivity contribution is 0.296. The monoisotopic (exact) mass is 182 g/mol. The normalized spacial score (nSPS) is 23.8. The molecule has 0 bridgehead atoms. The van der Waals surface area contributed by atoms with Gasteiger partial charge >= 0.3 is 0 Å². The minimum atomic E-state index is 0.0139. The summed E-state index contributed by atoms with van der Waals surface area (Å²) in [5, 5.41) is 0. The smallest absolute Gasteiger partial charge is 0.0217 e. The topological polar surface area (TPSA) is 26.0 Å². The highest BCUT2D eigenvalue weighted by Gasteiger charge is 2.37. The van der Waals surface area contributed by atoms with Crippen LogP contribution in [0.15, 0.2) is 0 Å². The first-order chi connectivity index (χ1) is 6.12. The Morgan fingerprint density at radius 2 is 1.69 bits per heavy atom. The molecule has 0 amide bonds. The quantitative estimate of drug-likeness (QED) is 0.709. The van der Waals surface area contributed by atoms with Gasteiger partial charge in [0.2, 0.25) is 0 Å². The molecule has 1 fully saturated rings. The molecule has 1 heteroatoms. The van der Waals surface area contributed by atoms with Crippen molar-refractivity contribution in [1.29, 1.82) is 0 Å². The van der Waals surface area contributed by atoms with E-state index in [0.29, 0.717) is 0 Å². The van der Waals surface area contributed by atoms with Crippen LogP contribution >= 0.6 is 0 Å². The molecule has 0 aromatic carbocycles. The highest BCUT2D eigenvalue weighted by atomic mass is 14.8. The van der Waals surface area contributed by atoms with Gasteiger partial charge in [0, 0.05) is 5.54 Å². The van der Waals surface area contributed by atoms with Crippen molar-refractivity contribution in [3.63, 3.8) is 0 Å². The van der Waals surface area contributed by atoms with Crippen molar-refractivity contribution in [2.45, 2.75) is 64.8 Å². The molecular formula is C12H24N. The third kappa shape index (κ3) is 2.25. The molecule has 0 aliphatic heterocycles. The molecule has 13 heavy (non-hydrogen) atoms. The van der Waals surface area contributed by atoms with Gasteiger partial charge in [-0.25, -0.2) is 0 Å². The zero-order valence-electron chi connectivity index (χ0n) is 9.40. The lowest BCUT2D eigenvalue weighted by Gasteiger charge is -2.38. The minimum absolute atomic E-state index is 0.0139. The van der Waals surface area contributed by atoms with E-state index in [-0.39, 0.29) is 5.54 Å². The van der Waals surface area contributed by atoms with Crippen LogP contribution in [0.4, 0.5) is 0 Å². The molecule has 1 unspecified atom stereocenters. The van der Waals surface area contributed by atoms with E-state index >= 15 is 0 Å². The summed E-state index contributed by atoms with van der Waals surface area (Å²) in [6.07, 6.45) is 7.77. The summed E-state index contributed by atoms with van der Waals surface area (Å²) in [7, 11) is 0. The van der Waals surface area contributed by atoms with Gasteiger partial charge in [0.15, 0.2) is 0 Å². The molecular weight excluding hydrogens is 158 g/mol. The Balaban J connectivity index is 2.60. The second-order valence-electron chi connectivity index (χ2n) is 4.57. The van der Waals surface area contributed by atoms with Crippen LogP contribution < -0.4 is 5.73 Å².